The topological polar surface area (TPSA) is 91.7 Å². The van der Waals surface area contributed by atoms with Gasteiger partial charge in [-0.05, 0) is 43.5 Å². The summed E-state index contributed by atoms with van der Waals surface area (Å²) < 4.78 is 18.8. The molecule has 0 aliphatic heterocycles. The molecule has 3 N–H and O–H groups in total. The largest absolute Gasteiger partial charge is 0.488 e. The minimum absolute atomic E-state index is 0.246. The zero-order chi connectivity index (χ0) is 18.7. The summed E-state index contributed by atoms with van der Waals surface area (Å²) in [7, 11) is 0. The number of aliphatic hydroxyl groups is 2. The maximum absolute atomic E-state index is 13.2. The number of nitrogens with one attached hydrogen (secondary N) is 1. The van der Waals surface area contributed by atoms with Crippen molar-refractivity contribution in [1.29, 1.82) is 0 Å². The average molecular weight is 360 g/mol. The summed E-state index contributed by atoms with van der Waals surface area (Å²) in [6.07, 6.45) is -0.682. The standard InChI is InChI=1S/C19H21FN2O4/c1-11-5-6-15(21-10-11)19(25)22-14-7-8-16(18(24)17(14)23)26-13-4-2-3-12(20)9-13/h2-6,9-10,14,16-18,23-24H,7-8H2,1H3,(H,22,25)/t14-,16-,17-,18-/m1/s1. The van der Waals surface area contributed by atoms with E-state index in [9.17, 15) is 19.4 Å². The molecule has 3 rings (SSSR count). The van der Waals surface area contributed by atoms with E-state index in [0.717, 1.165) is 5.56 Å². The highest BCUT2D eigenvalue weighted by molar-refractivity contribution is 5.92. The van der Waals surface area contributed by atoms with Crippen molar-refractivity contribution in [2.24, 2.45) is 0 Å². The Bertz CT molecular complexity index is 768. The maximum Gasteiger partial charge on any atom is 0.270 e. The van der Waals surface area contributed by atoms with Gasteiger partial charge in [-0.1, -0.05) is 12.1 Å². The molecule has 0 unspecified atom stereocenters. The van der Waals surface area contributed by atoms with E-state index in [1.807, 2.05) is 6.92 Å². The molecule has 1 aromatic heterocycles. The van der Waals surface area contributed by atoms with E-state index in [1.165, 1.54) is 18.2 Å². The van der Waals surface area contributed by atoms with Crippen molar-refractivity contribution in [1.82, 2.24) is 10.3 Å². The van der Waals surface area contributed by atoms with E-state index in [1.54, 1.807) is 24.4 Å². The Kier molecular flexibility index (Phi) is 5.49. The van der Waals surface area contributed by atoms with Crippen LogP contribution < -0.4 is 10.1 Å². The van der Waals surface area contributed by atoms with Gasteiger partial charge in [0.1, 0.15) is 35.6 Å². The quantitative estimate of drug-likeness (QED) is 0.770. The number of aromatic nitrogens is 1. The van der Waals surface area contributed by atoms with Crippen molar-refractivity contribution < 1.29 is 24.1 Å². The second-order valence-electron chi connectivity index (χ2n) is 6.47. The number of carbonyl (C=O) groups excluding carboxylic acids is 1. The van der Waals surface area contributed by atoms with Crippen LogP contribution in [0, 0.1) is 12.7 Å². The molecule has 7 heteroatoms. The molecule has 2 aromatic rings. The van der Waals surface area contributed by atoms with Gasteiger partial charge in [-0.3, -0.25) is 9.78 Å². The van der Waals surface area contributed by atoms with Gasteiger partial charge in [-0.15, -0.1) is 0 Å². The minimum atomic E-state index is -1.21. The lowest BCUT2D eigenvalue weighted by Crippen LogP contribution is -2.57. The van der Waals surface area contributed by atoms with Crippen LogP contribution in [0.2, 0.25) is 0 Å². The Morgan fingerprint density at radius 1 is 1.23 bits per heavy atom. The van der Waals surface area contributed by atoms with Crippen LogP contribution in [0.5, 0.6) is 5.75 Å². The van der Waals surface area contributed by atoms with Gasteiger partial charge in [0, 0.05) is 12.3 Å². The Morgan fingerprint density at radius 3 is 2.73 bits per heavy atom. The number of aryl methyl sites for hydroxylation is 1. The van der Waals surface area contributed by atoms with E-state index in [-0.39, 0.29) is 11.4 Å². The predicted octanol–water partition coefficient (Wildman–Crippen LogP) is 1.59. The van der Waals surface area contributed by atoms with Crippen LogP contribution in [-0.2, 0) is 0 Å². The number of hydrogen-bond donors (Lipinski definition) is 3. The van der Waals surface area contributed by atoms with Crippen molar-refractivity contribution in [2.45, 2.75) is 44.1 Å². The molecule has 26 heavy (non-hydrogen) atoms. The summed E-state index contributed by atoms with van der Waals surface area (Å²) in [6.45, 7) is 1.87. The van der Waals surface area contributed by atoms with E-state index in [0.29, 0.717) is 12.8 Å². The summed E-state index contributed by atoms with van der Waals surface area (Å²) in [5.41, 5.74) is 1.18. The smallest absolute Gasteiger partial charge is 0.270 e. The number of pyridine rings is 1. The van der Waals surface area contributed by atoms with Crippen molar-refractivity contribution in [2.75, 3.05) is 0 Å². The first-order valence-corrected chi connectivity index (χ1v) is 8.46. The normalized spacial score (nSPS) is 25.5. The number of hydrogen-bond acceptors (Lipinski definition) is 5. The van der Waals surface area contributed by atoms with Gasteiger partial charge in [-0.25, -0.2) is 4.39 Å². The molecule has 0 spiro atoms. The first kappa shape index (κ1) is 18.3. The highest BCUT2D eigenvalue weighted by atomic mass is 19.1. The molecule has 1 amide bonds. The number of carbonyl (C=O) groups is 1. The summed E-state index contributed by atoms with van der Waals surface area (Å²) in [5, 5.41) is 23.4. The fraction of sp³-hybridized carbons (Fsp3) is 0.368. The lowest BCUT2D eigenvalue weighted by atomic mass is 9.87. The zero-order valence-electron chi connectivity index (χ0n) is 14.3. The van der Waals surface area contributed by atoms with Crippen molar-refractivity contribution >= 4 is 5.91 Å². The Morgan fingerprint density at radius 2 is 2.04 bits per heavy atom. The third-order valence-electron chi connectivity index (χ3n) is 4.45. The average Bonchev–Trinajstić information content (AvgIpc) is 2.62. The molecule has 1 fully saturated rings. The number of aliphatic hydroxyl groups excluding tert-OH is 2. The van der Waals surface area contributed by atoms with Gasteiger partial charge < -0.3 is 20.3 Å². The Labute approximate surface area is 150 Å². The predicted molar refractivity (Wildman–Crippen MR) is 92.3 cm³/mol. The molecule has 1 aliphatic carbocycles. The van der Waals surface area contributed by atoms with Crippen LogP contribution >= 0.6 is 0 Å². The molecular formula is C19H21FN2O4. The molecular weight excluding hydrogens is 339 g/mol. The molecule has 0 radical (unpaired) electrons. The molecule has 6 nitrogen and oxygen atoms in total. The van der Waals surface area contributed by atoms with Crippen LogP contribution in [0.4, 0.5) is 4.39 Å². The number of halogens is 1. The third-order valence-corrected chi connectivity index (χ3v) is 4.45. The van der Waals surface area contributed by atoms with Gasteiger partial charge in [0.05, 0.1) is 6.04 Å². The second kappa shape index (κ2) is 7.80. The molecule has 0 saturated heterocycles. The van der Waals surface area contributed by atoms with Crippen LogP contribution in [0.25, 0.3) is 0 Å². The number of amides is 1. The van der Waals surface area contributed by atoms with Gasteiger partial charge >= 0.3 is 0 Å². The summed E-state index contributed by atoms with van der Waals surface area (Å²) >= 11 is 0. The maximum atomic E-state index is 13.2. The molecule has 138 valence electrons. The van der Waals surface area contributed by atoms with Gasteiger partial charge in [0.2, 0.25) is 0 Å². The molecule has 1 aliphatic rings. The SMILES string of the molecule is Cc1ccc(C(=O)N[C@@H]2CC[C@@H](Oc3cccc(F)c3)[C@@H](O)[C@@H]2O)nc1. The summed E-state index contributed by atoms with van der Waals surface area (Å²) in [6, 6.07) is 8.36. The first-order valence-electron chi connectivity index (χ1n) is 8.46. The van der Waals surface area contributed by atoms with Crippen LogP contribution in [0.1, 0.15) is 28.9 Å². The Hall–Kier alpha value is -2.51. The van der Waals surface area contributed by atoms with Crippen molar-refractivity contribution in [3.05, 3.63) is 59.7 Å². The lowest BCUT2D eigenvalue weighted by Gasteiger charge is -2.37. The minimum Gasteiger partial charge on any atom is -0.488 e. The molecule has 0 bridgehead atoms. The molecule has 4 atom stereocenters. The monoisotopic (exact) mass is 360 g/mol. The first-order chi connectivity index (χ1) is 12.4. The number of nitrogens with zero attached hydrogens (tertiary/aromatic N) is 1. The van der Waals surface area contributed by atoms with E-state index >= 15 is 0 Å². The van der Waals surface area contributed by atoms with Crippen molar-refractivity contribution in [3.63, 3.8) is 0 Å². The number of ether oxygens (including phenoxy) is 1. The van der Waals surface area contributed by atoms with Gasteiger partial charge in [0.15, 0.2) is 0 Å². The van der Waals surface area contributed by atoms with Crippen LogP contribution in [-0.4, -0.2) is 45.5 Å². The van der Waals surface area contributed by atoms with Crippen LogP contribution in [0.15, 0.2) is 42.6 Å². The molecule has 1 aromatic carbocycles. The van der Waals surface area contributed by atoms with Crippen LogP contribution in [0.3, 0.4) is 0 Å². The lowest BCUT2D eigenvalue weighted by molar-refractivity contribution is -0.0875. The number of benzene rings is 1. The Balaban J connectivity index is 1.61. The van der Waals surface area contributed by atoms with Gasteiger partial charge in [0.25, 0.3) is 5.91 Å². The van der Waals surface area contributed by atoms with E-state index in [4.69, 9.17) is 4.74 Å². The molecule has 1 heterocycles. The van der Waals surface area contributed by atoms with E-state index < -0.39 is 36.1 Å². The third kappa shape index (κ3) is 4.17. The second-order valence-corrected chi connectivity index (χ2v) is 6.47. The zero-order valence-corrected chi connectivity index (χ0v) is 14.3. The summed E-state index contributed by atoms with van der Waals surface area (Å²) in [5.74, 6) is -0.567. The number of rotatable bonds is 4. The van der Waals surface area contributed by atoms with E-state index in [2.05, 4.69) is 10.3 Å². The fourth-order valence-electron chi connectivity index (χ4n) is 2.99. The van der Waals surface area contributed by atoms with Crippen molar-refractivity contribution in [3.8, 4) is 5.75 Å². The highest BCUT2D eigenvalue weighted by Crippen LogP contribution is 2.25. The van der Waals surface area contributed by atoms with Gasteiger partial charge in [-0.2, -0.15) is 0 Å². The fourth-order valence-corrected chi connectivity index (χ4v) is 2.99. The summed E-state index contributed by atoms with van der Waals surface area (Å²) in [4.78, 5) is 16.3. The highest BCUT2D eigenvalue weighted by Gasteiger charge is 2.39. The molecule has 1 saturated carbocycles.